The summed E-state index contributed by atoms with van der Waals surface area (Å²) >= 11 is 0. The molecule has 1 unspecified atom stereocenters. The van der Waals surface area contributed by atoms with Crippen molar-refractivity contribution in [2.24, 2.45) is 0 Å². The summed E-state index contributed by atoms with van der Waals surface area (Å²) in [5, 5.41) is 8.05. The number of fused-ring (bicyclic) bond motifs is 3. The Hall–Kier alpha value is -2.60. The van der Waals surface area contributed by atoms with Gasteiger partial charge in [0.15, 0.2) is 5.69 Å². The third kappa shape index (κ3) is 4.62. The minimum Gasteiger partial charge on any atom is -0.378 e. The molecule has 2 saturated heterocycles. The van der Waals surface area contributed by atoms with Crippen LogP contribution in [0.25, 0.3) is 11.3 Å². The SMILES string of the molecule is O=C(NC1CCCCC1)N1CCC(n2nc(C(=O)N3CCOCC3)c3c2-c2ccccc2S(O)(O)C3)C1. The lowest BCUT2D eigenvalue weighted by Crippen LogP contribution is -2.44. The zero-order valence-corrected chi connectivity index (χ0v) is 21.8. The minimum atomic E-state index is -3.12. The number of rotatable bonds is 3. The zero-order valence-electron chi connectivity index (χ0n) is 21.0. The quantitative estimate of drug-likeness (QED) is 0.554. The molecule has 3 amide bonds. The average Bonchev–Trinajstić information content (AvgIpc) is 3.55. The van der Waals surface area contributed by atoms with Crippen molar-refractivity contribution >= 4 is 22.5 Å². The standard InChI is InChI=1S/C26H35N5O5S/c32-25(29-12-14-36-15-13-29)23-21-17-37(34,35)22-9-5-4-8-20(22)24(21)31(28-23)19-10-11-30(16-19)26(33)27-18-6-2-1-3-7-18/h4-5,8-9,18-19,34-35H,1-3,6-7,10-17H2,(H,27,33). The lowest BCUT2D eigenvalue weighted by atomic mass is 9.96. The van der Waals surface area contributed by atoms with E-state index in [2.05, 4.69) is 5.32 Å². The average molecular weight is 530 g/mol. The van der Waals surface area contributed by atoms with Crippen LogP contribution >= 0.6 is 10.6 Å². The van der Waals surface area contributed by atoms with Crippen LogP contribution in [0.5, 0.6) is 0 Å². The van der Waals surface area contributed by atoms with E-state index in [9.17, 15) is 18.7 Å². The van der Waals surface area contributed by atoms with Crippen molar-refractivity contribution in [1.29, 1.82) is 0 Å². The number of aromatic nitrogens is 2. The number of nitrogens with one attached hydrogen (secondary N) is 1. The number of hydrogen-bond donors (Lipinski definition) is 3. The van der Waals surface area contributed by atoms with Crippen molar-refractivity contribution in [3.05, 3.63) is 35.5 Å². The Balaban J connectivity index is 1.33. The monoisotopic (exact) mass is 529 g/mol. The van der Waals surface area contributed by atoms with Gasteiger partial charge in [-0.1, -0.05) is 37.5 Å². The summed E-state index contributed by atoms with van der Waals surface area (Å²) in [4.78, 5) is 30.7. The van der Waals surface area contributed by atoms with E-state index in [0.29, 0.717) is 55.4 Å². The molecule has 4 aliphatic rings. The van der Waals surface area contributed by atoms with Gasteiger partial charge < -0.3 is 19.9 Å². The Morgan fingerprint density at radius 2 is 1.76 bits per heavy atom. The van der Waals surface area contributed by atoms with Crippen LogP contribution in [0.15, 0.2) is 29.2 Å². The number of urea groups is 1. The molecule has 4 heterocycles. The summed E-state index contributed by atoms with van der Waals surface area (Å²) in [5.41, 5.74) is 2.32. The molecular formula is C26H35N5O5S. The van der Waals surface area contributed by atoms with E-state index in [4.69, 9.17) is 9.84 Å². The number of morpholine rings is 1. The van der Waals surface area contributed by atoms with Crippen molar-refractivity contribution in [3.8, 4) is 11.3 Å². The lowest BCUT2D eigenvalue weighted by Gasteiger charge is -2.38. The molecule has 3 aliphatic heterocycles. The smallest absolute Gasteiger partial charge is 0.317 e. The van der Waals surface area contributed by atoms with E-state index >= 15 is 0 Å². The molecule has 0 spiro atoms. The van der Waals surface area contributed by atoms with E-state index in [0.717, 1.165) is 37.8 Å². The molecule has 0 bridgehead atoms. The van der Waals surface area contributed by atoms with Crippen molar-refractivity contribution in [2.75, 3.05) is 39.4 Å². The second-order valence-electron chi connectivity index (χ2n) is 10.5. The fourth-order valence-corrected chi connectivity index (χ4v) is 7.75. The Kier molecular flexibility index (Phi) is 6.64. The van der Waals surface area contributed by atoms with Crippen LogP contribution in [0.3, 0.4) is 0 Å². The molecule has 1 saturated carbocycles. The van der Waals surface area contributed by atoms with Crippen molar-refractivity contribution in [2.45, 2.75) is 61.3 Å². The highest BCUT2D eigenvalue weighted by Crippen LogP contribution is 2.60. The lowest BCUT2D eigenvalue weighted by molar-refractivity contribution is 0.0297. The highest BCUT2D eigenvalue weighted by Gasteiger charge is 2.40. The second-order valence-corrected chi connectivity index (χ2v) is 12.6. The maximum Gasteiger partial charge on any atom is 0.317 e. The normalized spacial score (nSPS) is 24.3. The Morgan fingerprint density at radius 1 is 1.00 bits per heavy atom. The fourth-order valence-electron chi connectivity index (χ4n) is 6.11. The first kappa shape index (κ1) is 24.7. The van der Waals surface area contributed by atoms with Gasteiger partial charge in [-0.25, -0.2) is 4.79 Å². The summed E-state index contributed by atoms with van der Waals surface area (Å²) in [6.07, 6.45) is 6.34. The van der Waals surface area contributed by atoms with E-state index in [-0.39, 0.29) is 35.5 Å². The molecule has 2 aromatic rings. The number of hydrogen-bond acceptors (Lipinski definition) is 6. The summed E-state index contributed by atoms with van der Waals surface area (Å²) in [6, 6.07) is 7.37. The molecular weight excluding hydrogens is 494 g/mol. The Bertz CT molecular complexity index is 1190. The summed E-state index contributed by atoms with van der Waals surface area (Å²) in [6.45, 7) is 3.01. The molecule has 11 heteroatoms. The topological polar surface area (TPSA) is 120 Å². The van der Waals surface area contributed by atoms with Crippen LogP contribution < -0.4 is 5.32 Å². The van der Waals surface area contributed by atoms with Crippen LogP contribution in [-0.4, -0.2) is 86.1 Å². The predicted octanol–water partition coefficient (Wildman–Crippen LogP) is 3.93. The van der Waals surface area contributed by atoms with Crippen molar-refractivity contribution in [3.63, 3.8) is 0 Å². The molecule has 1 aromatic carbocycles. The molecule has 37 heavy (non-hydrogen) atoms. The van der Waals surface area contributed by atoms with E-state index in [1.54, 1.807) is 17.0 Å². The van der Waals surface area contributed by atoms with Gasteiger partial charge in [-0.2, -0.15) is 15.7 Å². The van der Waals surface area contributed by atoms with Gasteiger partial charge in [0.1, 0.15) is 0 Å². The second kappa shape index (κ2) is 9.94. The number of carbonyl (C=O) groups excluding carboxylic acids is 2. The van der Waals surface area contributed by atoms with Crippen LogP contribution in [0.1, 0.15) is 60.6 Å². The zero-order chi connectivity index (χ0) is 25.6. The molecule has 3 fully saturated rings. The van der Waals surface area contributed by atoms with Crippen LogP contribution in [0.2, 0.25) is 0 Å². The van der Waals surface area contributed by atoms with Crippen LogP contribution in [-0.2, 0) is 10.5 Å². The van der Waals surface area contributed by atoms with E-state index in [1.807, 2.05) is 21.7 Å². The van der Waals surface area contributed by atoms with Crippen molar-refractivity contribution < 1.29 is 23.4 Å². The number of carbonyl (C=O) groups is 2. The van der Waals surface area contributed by atoms with E-state index in [1.165, 1.54) is 6.42 Å². The van der Waals surface area contributed by atoms with Gasteiger partial charge in [0.2, 0.25) is 0 Å². The molecule has 1 aromatic heterocycles. The van der Waals surface area contributed by atoms with Gasteiger partial charge in [-0.05, 0) is 25.3 Å². The van der Waals surface area contributed by atoms with Crippen molar-refractivity contribution in [1.82, 2.24) is 24.9 Å². The number of amides is 3. The van der Waals surface area contributed by atoms with Gasteiger partial charge in [-0.15, -0.1) is 0 Å². The Morgan fingerprint density at radius 3 is 2.54 bits per heavy atom. The van der Waals surface area contributed by atoms with Gasteiger partial charge in [0, 0.05) is 43.3 Å². The molecule has 1 aliphatic carbocycles. The molecule has 1 atom stereocenters. The first-order chi connectivity index (χ1) is 17.9. The fraction of sp³-hybridized carbons (Fsp3) is 0.577. The highest BCUT2D eigenvalue weighted by atomic mass is 32.3. The predicted molar refractivity (Wildman–Crippen MR) is 140 cm³/mol. The number of nitrogens with zero attached hydrogens (tertiary/aromatic N) is 4. The van der Waals surface area contributed by atoms with E-state index < -0.39 is 10.6 Å². The molecule has 3 N–H and O–H groups in total. The summed E-state index contributed by atoms with van der Waals surface area (Å²) in [7, 11) is -3.12. The molecule has 6 rings (SSSR count). The molecule has 0 radical (unpaired) electrons. The maximum absolute atomic E-state index is 13.6. The number of likely N-dealkylation sites (tertiary alicyclic amines) is 1. The highest BCUT2D eigenvalue weighted by molar-refractivity contribution is 8.23. The first-order valence-corrected chi connectivity index (χ1v) is 15.0. The van der Waals surface area contributed by atoms with Gasteiger partial charge in [-0.3, -0.25) is 18.6 Å². The number of ether oxygens (including phenoxy) is 1. The molecule has 10 nitrogen and oxygen atoms in total. The summed E-state index contributed by atoms with van der Waals surface area (Å²) < 4.78 is 29.4. The maximum atomic E-state index is 13.6. The number of benzene rings is 1. The third-order valence-electron chi connectivity index (χ3n) is 8.08. The van der Waals surface area contributed by atoms with Gasteiger partial charge in [0.05, 0.1) is 35.6 Å². The van der Waals surface area contributed by atoms with Gasteiger partial charge in [0.25, 0.3) is 5.91 Å². The van der Waals surface area contributed by atoms with Gasteiger partial charge >= 0.3 is 6.03 Å². The largest absolute Gasteiger partial charge is 0.378 e. The first-order valence-electron chi connectivity index (χ1n) is 13.3. The minimum absolute atomic E-state index is 0.0328. The van der Waals surface area contributed by atoms with Crippen LogP contribution in [0, 0.1) is 0 Å². The Labute approximate surface area is 218 Å². The summed E-state index contributed by atoms with van der Waals surface area (Å²) in [5.74, 6) is -0.249. The molecule has 200 valence electrons. The third-order valence-corrected chi connectivity index (χ3v) is 9.83. The van der Waals surface area contributed by atoms with Crippen LogP contribution in [0.4, 0.5) is 4.79 Å².